The molecule has 0 amide bonds. The van der Waals surface area contributed by atoms with Gasteiger partial charge in [-0.15, -0.1) is 0 Å². The molecule has 0 aliphatic heterocycles. The second kappa shape index (κ2) is 4.09. The molecular weight excluding hydrogens is 182 g/mol. The Hall–Kier alpha value is -1.58. The Balaban J connectivity index is 2.93. The lowest BCUT2D eigenvalue weighted by atomic mass is 9.98. The molecule has 1 N–H and O–H groups in total. The third-order valence-electron chi connectivity index (χ3n) is 2.14. The molecule has 76 valence electrons. The lowest BCUT2D eigenvalue weighted by molar-refractivity contribution is -0.482. The Morgan fingerprint density at radius 1 is 1.57 bits per heavy atom. The van der Waals surface area contributed by atoms with Gasteiger partial charge in [-0.3, -0.25) is 10.1 Å². The Bertz CT molecular complexity index is 349. The molecular formula is C10H13NO3. The number of nitro groups is 1. The van der Waals surface area contributed by atoms with E-state index in [0.717, 1.165) is 5.56 Å². The quantitative estimate of drug-likeness (QED) is 0.593. The van der Waals surface area contributed by atoms with Gasteiger partial charge in [0.05, 0.1) is 0 Å². The van der Waals surface area contributed by atoms with E-state index in [0.29, 0.717) is 5.56 Å². The lowest BCUT2D eigenvalue weighted by Crippen LogP contribution is -2.09. The first-order valence-electron chi connectivity index (χ1n) is 4.42. The smallest absolute Gasteiger partial charge is 0.210 e. The van der Waals surface area contributed by atoms with Crippen LogP contribution in [-0.4, -0.2) is 16.6 Å². The normalized spacial score (nSPS) is 12.4. The van der Waals surface area contributed by atoms with E-state index in [2.05, 4.69) is 0 Å². The Morgan fingerprint density at radius 2 is 2.21 bits per heavy atom. The summed E-state index contributed by atoms with van der Waals surface area (Å²) >= 11 is 0. The topological polar surface area (TPSA) is 63.4 Å². The van der Waals surface area contributed by atoms with Crippen LogP contribution in [0.5, 0.6) is 5.75 Å². The van der Waals surface area contributed by atoms with Gasteiger partial charge < -0.3 is 5.11 Å². The third-order valence-corrected chi connectivity index (χ3v) is 2.14. The maximum Gasteiger partial charge on any atom is 0.210 e. The zero-order chi connectivity index (χ0) is 10.7. The highest BCUT2D eigenvalue weighted by molar-refractivity contribution is 5.37. The van der Waals surface area contributed by atoms with Crippen molar-refractivity contribution in [1.29, 1.82) is 0 Å². The summed E-state index contributed by atoms with van der Waals surface area (Å²) in [6.45, 7) is 3.47. The highest BCUT2D eigenvalue weighted by Gasteiger charge is 2.15. The molecule has 0 heterocycles. The van der Waals surface area contributed by atoms with E-state index in [1.807, 2.05) is 6.92 Å². The molecule has 1 aromatic rings. The molecule has 14 heavy (non-hydrogen) atoms. The van der Waals surface area contributed by atoms with E-state index in [4.69, 9.17) is 0 Å². The Kier molecular flexibility index (Phi) is 3.06. The van der Waals surface area contributed by atoms with Crippen molar-refractivity contribution in [2.45, 2.75) is 19.8 Å². The number of rotatable bonds is 3. The maximum absolute atomic E-state index is 10.3. The van der Waals surface area contributed by atoms with Crippen molar-refractivity contribution in [1.82, 2.24) is 0 Å². The zero-order valence-electron chi connectivity index (χ0n) is 8.23. The summed E-state index contributed by atoms with van der Waals surface area (Å²) < 4.78 is 0. The lowest BCUT2D eigenvalue weighted by Gasteiger charge is -2.09. The number of aryl methyl sites for hydroxylation is 1. The van der Waals surface area contributed by atoms with Crippen LogP contribution in [0.25, 0.3) is 0 Å². The zero-order valence-corrected chi connectivity index (χ0v) is 8.23. The SMILES string of the molecule is Cc1ccc(O)c([C@@H](C)C[N+](=O)[O-])c1. The Morgan fingerprint density at radius 3 is 2.79 bits per heavy atom. The van der Waals surface area contributed by atoms with Crippen LogP contribution in [0.4, 0.5) is 0 Å². The van der Waals surface area contributed by atoms with E-state index < -0.39 is 0 Å². The molecule has 4 heteroatoms. The molecule has 0 bridgehead atoms. The van der Waals surface area contributed by atoms with Gasteiger partial charge in [0.1, 0.15) is 5.75 Å². The first kappa shape index (κ1) is 10.5. The van der Waals surface area contributed by atoms with Crippen LogP contribution in [0.3, 0.4) is 0 Å². The number of nitrogens with zero attached hydrogens (tertiary/aromatic N) is 1. The highest BCUT2D eigenvalue weighted by atomic mass is 16.6. The molecule has 0 aliphatic carbocycles. The maximum atomic E-state index is 10.3. The van der Waals surface area contributed by atoms with E-state index in [-0.39, 0.29) is 23.1 Å². The van der Waals surface area contributed by atoms with Crippen molar-refractivity contribution >= 4 is 0 Å². The van der Waals surface area contributed by atoms with Crippen LogP contribution in [0.2, 0.25) is 0 Å². The molecule has 0 aliphatic rings. The molecule has 1 atom stereocenters. The second-order valence-corrected chi connectivity index (χ2v) is 3.48. The van der Waals surface area contributed by atoms with E-state index in [9.17, 15) is 15.2 Å². The summed E-state index contributed by atoms with van der Waals surface area (Å²) in [5.74, 6) is -0.130. The van der Waals surface area contributed by atoms with Gasteiger partial charge in [-0.1, -0.05) is 24.6 Å². The summed E-state index contributed by atoms with van der Waals surface area (Å²) in [7, 11) is 0. The van der Waals surface area contributed by atoms with Crippen molar-refractivity contribution in [3.63, 3.8) is 0 Å². The number of phenolic OH excluding ortho intramolecular Hbond substituents is 1. The molecule has 0 spiro atoms. The fraction of sp³-hybridized carbons (Fsp3) is 0.400. The van der Waals surface area contributed by atoms with Crippen molar-refractivity contribution in [3.05, 3.63) is 39.4 Å². The van der Waals surface area contributed by atoms with Gasteiger partial charge in [-0.05, 0) is 13.0 Å². The molecule has 0 fully saturated rings. The largest absolute Gasteiger partial charge is 0.508 e. The van der Waals surface area contributed by atoms with Crippen molar-refractivity contribution in [3.8, 4) is 5.75 Å². The molecule has 0 saturated heterocycles. The molecule has 1 rings (SSSR count). The predicted molar refractivity (Wildman–Crippen MR) is 53.1 cm³/mol. The number of hydrogen-bond donors (Lipinski definition) is 1. The summed E-state index contributed by atoms with van der Waals surface area (Å²) in [5.41, 5.74) is 1.63. The van der Waals surface area contributed by atoms with Gasteiger partial charge in [0.2, 0.25) is 6.54 Å². The summed E-state index contributed by atoms with van der Waals surface area (Å²) in [6, 6.07) is 5.13. The van der Waals surface area contributed by atoms with Gasteiger partial charge >= 0.3 is 0 Å². The fourth-order valence-corrected chi connectivity index (χ4v) is 1.39. The van der Waals surface area contributed by atoms with E-state index in [1.54, 1.807) is 25.1 Å². The van der Waals surface area contributed by atoms with Crippen molar-refractivity contribution in [2.24, 2.45) is 0 Å². The summed E-state index contributed by atoms with van der Waals surface area (Å²) in [5, 5.41) is 19.8. The van der Waals surface area contributed by atoms with Crippen LogP contribution in [0, 0.1) is 17.0 Å². The predicted octanol–water partition coefficient (Wildman–Crippen LogP) is 2.08. The monoisotopic (exact) mass is 195 g/mol. The van der Waals surface area contributed by atoms with Gasteiger partial charge in [0.25, 0.3) is 0 Å². The van der Waals surface area contributed by atoms with Crippen LogP contribution < -0.4 is 0 Å². The third kappa shape index (κ3) is 2.45. The second-order valence-electron chi connectivity index (χ2n) is 3.48. The molecule has 0 radical (unpaired) electrons. The van der Waals surface area contributed by atoms with Gasteiger partial charge in [0, 0.05) is 16.4 Å². The van der Waals surface area contributed by atoms with Crippen LogP contribution >= 0.6 is 0 Å². The number of benzene rings is 1. The molecule has 0 saturated carbocycles. The van der Waals surface area contributed by atoms with Gasteiger partial charge in [-0.25, -0.2) is 0 Å². The fourth-order valence-electron chi connectivity index (χ4n) is 1.39. The highest BCUT2D eigenvalue weighted by Crippen LogP contribution is 2.26. The summed E-state index contributed by atoms with van der Waals surface area (Å²) in [4.78, 5) is 9.93. The van der Waals surface area contributed by atoms with Crippen LogP contribution in [0.15, 0.2) is 18.2 Å². The van der Waals surface area contributed by atoms with Crippen molar-refractivity contribution < 1.29 is 10.0 Å². The molecule has 0 aromatic heterocycles. The van der Waals surface area contributed by atoms with E-state index in [1.165, 1.54) is 0 Å². The molecule has 0 unspecified atom stereocenters. The summed E-state index contributed by atoms with van der Waals surface area (Å²) in [6.07, 6.45) is 0. The first-order chi connectivity index (χ1) is 6.50. The Labute approximate surface area is 82.3 Å². The minimum atomic E-state index is -0.369. The minimum absolute atomic E-state index is 0.130. The average molecular weight is 195 g/mol. The number of aromatic hydroxyl groups is 1. The van der Waals surface area contributed by atoms with Crippen LogP contribution in [0.1, 0.15) is 24.0 Å². The first-order valence-corrected chi connectivity index (χ1v) is 4.42. The molecule has 1 aromatic carbocycles. The van der Waals surface area contributed by atoms with Crippen LogP contribution in [-0.2, 0) is 0 Å². The number of phenols is 1. The van der Waals surface area contributed by atoms with E-state index >= 15 is 0 Å². The number of hydrogen-bond acceptors (Lipinski definition) is 3. The van der Waals surface area contributed by atoms with Crippen molar-refractivity contribution in [2.75, 3.05) is 6.54 Å². The average Bonchev–Trinajstić information content (AvgIpc) is 2.08. The standard InChI is InChI=1S/C10H13NO3/c1-7-3-4-10(12)9(5-7)8(2)6-11(13)14/h3-5,8,12H,6H2,1-2H3/t8-/m0/s1. The molecule has 4 nitrogen and oxygen atoms in total. The minimum Gasteiger partial charge on any atom is -0.508 e. The van der Waals surface area contributed by atoms with Gasteiger partial charge in [-0.2, -0.15) is 0 Å². The van der Waals surface area contributed by atoms with Gasteiger partial charge in [0.15, 0.2) is 0 Å².